The van der Waals surface area contributed by atoms with E-state index in [1.807, 2.05) is 45.2 Å². The number of piperidine rings is 1. The van der Waals surface area contributed by atoms with Gasteiger partial charge in [-0.1, -0.05) is 12.1 Å². The highest BCUT2D eigenvalue weighted by Gasteiger charge is 2.27. The van der Waals surface area contributed by atoms with Gasteiger partial charge < -0.3 is 29.4 Å². The lowest BCUT2D eigenvalue weighted by Crippen LogP contribution is -2.36. The quantitative estimate of drug-likeness (QED) is 0.405. The van der Waals surface area contributed by atoms with Crippen LogP contribution in [-0.2, 0) is 11.2 Å². The molecule has 2 fully saturated rings. The highest BCUT2D eigenvalue weighted by atomic mass is 16.5. The largest absolute Gasteiger partial charge is 0.491 e. The fraction of sp³-hybridized carbons (Fsp3) is 0.586. The van der Waals surface area contributed by atoms with E-state index in [9.17, 15) is 5.11 Å². The molecule has 210 valence electrons. The maximum absolute atomic E-state index is 10.1. The first-order valence-corrected chi connectivity index (χ1v) is 14.1. The van der Waals surface area contributed by atoms with E-state index in [1.165, 1.54) is 0 Å². The van der Waals surface area contributed by atoms with Crippen molar-refractivity contribution < 1.29 is 14.6 Å². The van der Waals surface area contributed by atoms with E-state index >= 15 is 0 Å². The highest BCUT2D eigenvalue weighted by molar-refractivity contribution is 5.62. The summed E-state index contributed by atoms with van der Waals surface area (Å²) >= 11 is 0. The molecule has 10 heteroatoms. The van der Waals surface area contributed by atoms with Crippen LogP contribution in [0, 0.1) is 26.7 Å². The van der Waals surface area contributed by atoms with Gasteiger partial charge in [0, 0.05) is 55.7 Å². The molecule has 39 heavy (non-hydrogen) atoms. The van der Waals surface area contributed by atoms with Crippen molar-refractivity contribution in [2.24, 2.45) is 5.92 Å². The third-order valence-corrected chi connectivity index (χ3v) is 7.87. The number of benzene rings is 1. The lowest BCUT2D eigenvalue weighted by molar-refractivity contribution is 0.108. The summed E-state index contributed by atoms with van der Waals surface area (Å²) < 4.78 is 13.8. The molecule has 10 nitrogen and oxygen atoms in total. The van der Waals surface area contributed by atoms with E-state index in [2.05, 4.69) is 31.9 Å². The number of aromatic nitrogens is 5. The van der Waals surface area contributed by atoms with Crippen LogP contribution in [-0.4, -0.2) is 82.4 Å². The summed E-state index contributed by atoms with van der Waals surface area (Å²) in [5.41, 5.74) is 3.16. The Kier molecular flexibility index (Phi) is 8.74. The van der Waals surface area contributed by atoms with Gasteiger partial charge in [-0.15, -0.1) is 10.2 Å². The van der Waals surface area contributed by atoms with Crippen LogP contribution in [0.25, 0.3) is 11.4 Å². The van der Waals surface area contributed by atoms with Crippen molar-refractivity contribution in [1.29, 1.82) is 0 Å². The Morgan fingerprint density at radius 1 is 1.10 bits per heavy atom. The molecule has 2 atom stereocenters. The molecule has 0 radical (unpaired) electrons. The Morgan fingerprint density at radius 2 is 1.87 bits per heavy atom. The molecule has 5 rings (SSSR count). The normalized spacial score (nSPS) is 19.0. The van der Waals surface area contributed by atoms with E-state index in [4.69, 9.17) is 19.4 Å². The summed E-state index contributed by atoms with van der Waals surface area (Å²) in [4.78, 5) is 12.6. The zero-order valence-corrected chi connectivity index (χ0v) is 23.6. The SMILES string of the molecule is CNCC(O)COc1cccc(-c2nc(C[C@@H]3CCOC3)c(C)c(N3CCC(n4c(C)nnc4C)CC3)n2)c1. The predicted molar refractivity (Wildman–Crippen MR) is 150 cm³/mol. The number of rotatable bonds is 10. The number of nitrogens with one attached hydrogen (secondary N) is 1. The van der Waals surface area contributed by atoms with Crippen LogP contribution in [0.5, 0.6) is 5.75 Å². The smallest absolute Gasteiger partial charge is 0.161 e. The second kappa shape index (κ2) is 12.4. The maximum Gasteiger partial charge on any atom is 0.161 e. The molecular weight excluding hydrogens is 494 g/mol. The molecule has 2 saturated heterocycles. The second-order valence-corrected chi connectivity index (χ2v) is 10.8. The Morgan fingerprint density at radius 3 is 2.56 bits per heavy atom. The Bertz CT molecular complexity index is 1230. The van der Waals surface area contributed by atoms with Gasteiger partial charge in [0.25, 0.3) is 0 Å². The van der Waals surface area contributed by atoms with Crippen LogP contribution in [0.2, 0.25) is 0 Å². The van der Waals surface area contributed by atoms with E-state index in [-0.39, 0.29) is 6.61 Å². The van der Waals surface area contributed by atoms with Gasteiger partial charge in [0.1, 0.15) is 35.9 Å². The van der Waals surface area contributed by atoms with Crippen molar-refractivity contribution in [3.05, 3.63) is 47.2 Å². The third kappa shape index (κ3) is 6.40. The van der Waals surface area contributed by atoms with Crippen LogP contribution >= 0.6 is 0 Å². The first-order chi connectivity index (χ1) is 18.9. The Balaban J connectivity index is 1.41. The summed E-state index contributed by atoms with van der Waals surface area (Å²) in [6.45, 7) is 10.4. The maximum atomic E-state index is 10.1. The molecule has 2 N–H and O–H groups in total. The summed E-state index contributed by atoms with van der Waals surface area (Å²) in [6, 6.07) is 8.25. The molecule has 4 heterocycles. The molecule has 1 aromatic carbocycles. The molecule has 0 saturated carbocycles. The number of likely N-dealkylation sites (N-methyl/N-ethyl adjacent to an activating group) is 1. The standard InChI is InChI=1S/C29H41N7O3/c1-19-27(14-22-10-13-38-17-22)31-28(23-6-5-7-26(15-23)39-18-25(37)16-30-4)32-29(19)35-11-8-24(9-12-35)36-20(2)33-34-21(36)3/h5-7,15,22,24-25,30,37H,8-14,16-18H2,1-4H3/t22-,25?/m0/s1. The number of anilines is 1. The second-order valence-electron chi connectivity index (χ2n) is 10.8. The van der Waals surface area contributed by atoms with Gasteiger partial charge >= 0.3 is 0 Å². The van der Waals surface area contributed by atoms with E-state index in [1.54, 1.807) is 0 Å². The predicted octanol–water partition coefficient (Wildman–Crippen LogP) is 3.04. The molecule has 2 aliphatic rings. The first-order valence-electron chi connectivity index (χ1n) is 14.1. The fourth-order valence-corrected chi connectivity index (χ4v) is 5.75. The molecule has 0 bridgehead atoms. The molecule has 2 aliphatic heterocycles. The minimum Gasteiger partial charge on any atom is -0.491 e. The van der Waals surface area contributed by atoms with Crippen molar-refractivity contribution in [2.45, 2.75) is 58.6 Å². The van der Waals surface area contributed by atoms with Gasteiger partial charge in [-0.25, -0.2) is 9.97 Å². The van der Waals surface area contributed by atoms with Crippen molar-refractivity contribution in [3.63, 3.8) is 0 Å². The van der Waals surface area contributed by atoms with E-state index in [0.717, 1.165) is 86.3 Å². The van der Waals surface area contributed by atoms with Gasteiger partial charge in [-0.3, -0.25) is 0 Å². The number of hydrogen-bond acceptors (Lipinski definition) is 9. The molecule has 0 spiro atoms. The summed E-state index contributed by atoms with van der Waals surface area (Å²) in [6.07, 6.45) is 3.41. The zero-order chi connectivity index (χ0) is 27.4. The van der Waals surface area contributed by atoms with Crippen molar-refractivity contribution in [3.8, 4) is 17.1 Å². The van der Waals surface area contributed by atoms with Crippen LogP contribution in [0.4, 0.5) is 5.82 Å². The average Bonchev–Trinajstić information content (AvgIpc) is 3.58. The molecule has 0 aliphatic carbocycles. The summed E-state index contributed by atoms with van der Waals surface area (Å²) in [5.74, 6) is 4.85. The van der Waals surface area contributed by atoms with Crippen LogP contribution in [0.1, 0.15) is 48.2 Å². The number of aliphatic hydroxyl groups excluding tert-OH is 1. The van der Waals surface area contributed by atoms with Crippen LogP contribution in [0.15, 0.2) is 24.3 Å². The lowest BCUT2D eigenvalue weighted by atomic mass is 9.98. The zero-order valence-electron chi connectivity index (χ0n) is 23.6. The topological polar surface area (TPSA) is 110 Å². The lowest BCUT2D eigenvalue weighted by Gasteiger charge is -2.35. The first kappa shape index (κ1) is 27.5. The highest BCUT2D eigenvalue weighted by Crippen LogP contribution is 2.33. The van der Waals surface area contributed by atoms with Gasteiger partial charge in [0.05, 0.1) is 0 Å². The molecule has 1 unspecified atom stereocenters. The third-order valence-electron chi connectivity index (χ3n) is 7.87. The van der Waals surface area contributed by atoms with Gasteiger partial charge in [0.15, 0.2) is 5.82 Å². The van der Waals surface area contributed by atoms with Gasteiger partial charge in [-0.2, -0.15) is 0 Å². The number of nitrogens with zero attached hydrogens (tertiary/aromatic N) is 6. The van der Waals surface area contributed by atoms with Crippen molar-refractivity contribution in [1.82, 2.24) is 30.0 Å². The van der Waals surface area contributed by atoms with E-state index in [0.29, 0.717) is 30.1 Å². The monoisotopic (exact) mass is 535 g/mol. The minimum atomic E-state index is -0.574. The van der Waals surface area contributed by atoms with Gasteiger partial charge in [-0.05, 0) is 71.6 Å². The summed E-state index contributed by atoms with van der Waals surface area (Å²) in [7, 11) is 1.81. The number of hydrogen-bond donors (Lipinski definition) is 2. The molecule has 0 amide bonds. The number of aryl methyl sites for hydroxylation is 2. The molecule has 3 aromatic rings. The summed E-state index contributed by atoms with van der Waals surface area (Å²) in [5, 5.41) is 21.6. The average molecular weight is 536 g/mol. The Hall–Kier alpha value is -3.08. The fourth-order valence-electron chi connectivity index (χ4n) is 5.75. The molecule has 2 aromatic heterocycles. The van der Waals surface area contributed by atoms with Crippen molar-refractivity contribution >= 4 is 5.82 Å². The van der Waals surface area contributed by atoms with Crippen molar-refractivity contribution in [2.75, 3.05) is 51.4 Å². The number of ether oxygens (including phenoxy) is 2. The minimum absolute atomic E-state index is 0.220. The van der Waals surface area contributed by atoms with Crippen LogP contribution < -0.4 is 15.0 Å². The molecular formula is C29H41N7O3. The van der Waals surface area contributed by atoms with Gasteiger partial charge in [0.2, 0.25) is 0 Å². The number of aliphatic hydroxyl groups is 1. The van der Waals surface area contributed by atoms with E-state index < -0.39 is 6.10 Å². The Labute approximate surface area is 230 Å². The van der Waals surface area contributed by atoms with Crippen LogP contribution in [0.3, 0.4) is 0 Å².